The number of hydrogen-bond donors (Lipinski definition) is 0. The average Bonchev–Trinajstić information content (AvgIpc) is 2.48. The Hall–Kier alpha value is -2.46. The Balaban J connectivity index is 2.14. The van der Waals surface area contributed by atoms with Gasteiger partial charge in [-0.25, -0.2) is 9.97 Å². The van der Waals surface area contributed by atoms with Gasteiger partial charge in [-0.1, -0.05) is 4.68 Å². The molecule has 0 aromatic carbocycles. The highest BCUT2D eigenvalue weighted by molar-refractivity contribution is 7.87. The highest BCUT2D eigenvalue weighted by Crippen LogP contribution is 2.09. The topological polar surface area (TPSA) is 115 Å². The van der Waals surface area contributed by atoms with Crippen LogP contribution in [-0.4, -0.2) is 47.8 Å². The summed E-state index contributed by atoms with van der Waals surface area (Å²) in [4.78, 5) is 8.15. The van der Waals surface area contributed by atoms with Crippen molar-refractivity contribution in [2.45, 2.75) is 6.54 Å². The Bertz CT molecular complexity index is 759. The molecule has 0 fully saturated rings. The van der Waals surface area contributed by atoms with Gasteiger partial charge in [0, 0.05) is 44.0 Å². The molecule has 0 aliphatic heterocycles. The largest absolute Gasteiger partial charge is 0.857 e. The molecular weight excluding hydrogens is 308 g/mol. The molecule has 0 spiro atoms. The highest BCUT2D eigenvalue weighted by Gasteiger charge is 2.12. The van der Waals surface area contributed by atoms with E-state index in [0.29, 0.717) is 11.4 Å². The molecule has 116 valence electrons. The molecule has 2 aromatic heterocycles. The first kappa shape index (κ1) is 15.9. The standard InChI is InChI=1S/C12H14N6O3S/c1-17(2)22(20,21)16-11(19)9-18-7-4-10(8-15-18)12-13-5-3-6-14-12/h3-8H,9H2,1-2H3. The molecule has 2 aromatic rings. The van der Waals surface area contributed by atoms with Crippen LogP contribution in [0.4, 0.5) is 0 Å². The van der Waals surface area contributed by atoms with E-state index in [1.165, 1.54) is 31.2 Å². The van der Waals surface area contributed by atoms with Gasteiger partial charge in [-0.2, -0.15) is 17.1 Å². The summed E-state index contributed by atoms with van der Waals surface area (Å²) in [6, 6.07) is 3.38. The first-order valence-electron chi connectivity index (χ1n) is 6.20. The van der Waals surface area contributed by atoms with Gasteiger partial charge >= 0.3 is 10.2 Å². The summed E-state index contributed by atoms with van der Waals surface area (Å²) in [6.07, 6.45) is 6.24. The third kappa shape index (κ3) is 4.02. The normalized spacial score (nSPS) is 12.6. The quantitative estimate of drug-likeness (QED) is 0.371. The summed E-state index contributed by atoms with van der Waals surface area (Å²) in [6.45, 7) is -0.275. The SMILES string of the molecule is CN(C)S(=O)(=O)/N=C(\[O-])C[n+]1ccc(-c2ncccn2)cn1. The Morgan fingerprint density at radius 2 is 2.05 bits per heavy atom. The average molecular weight is 322 g/mol. The van der Waals surface area contributed by atoms with Crippen LogP contribution in [0.1, 0.15) is 0 Å². The maximum Gasteiger partial charge on any atom is 0.321 e. The predicted molar refractivity (Wildman–Crippen MR) is 75.5 cm³/mol. The number of aromatic nitrogens is 4. The van der Waals surface area contributed by atoms with Crippen LogP contribution in [0.5, 0.6) is 0 Å². The van der Waals surface area contributed by atoms with E-state index in [1.54, 1.807) is 24.5 Å². The Morgan fingerprint density at radius 1 is 1.36 bits per heavy atom. The molecule has 0 unspecified atom stereocenters. The summed E-state index contributed by atoms with van der Waals surface area (Å²) in [5.74, 6) is -0.303. The summed E-state index contributed by atoms with van der Waals surface area (Å²) < 4.78 is 28.2. The first-order chi connectivity index (χ1) is 10.4. The van der Waals surface area contributed by atoms with Crippen LogP contribution in [0.2, 0.25) is 0 Å². The third-order valence-electron chi connectivity index (χ3n) is 2.57. The van der Waals surface area contributed by atoms with E-state index in [4.69, 9.17) is 0 Å². The van der Waals surface area contributed by atoms with Gasteiger partial charge in [-0.3, -0.25) is 0 Å². The molecule has 0 aliphatic carbocycles. The Labute approximate surface area is 127 Å². The summed E-state index contributed by atoms with van der Waals surface area (Å²) in [5, 5.41) is 15.6. The molecule has 10 heteroatoms. The zero-order valence-electron chi connectivity index (χ0n) is 12.0. The van der Waals surface area contributed by atoms with Crippen molar-refractivity contribution in [2.24, 2.45) is 4.40 Å². The zero-order valence-corrected chi connectivity index (χ0v) is 12.8. The highest BCUT2D eigenvalue weighted by atomic mass is 32.2. The van der Waals surface area contributed by atoms with Crippen molar-refractivity contribution in [3.63, 3.8) is 0 Å². The minimum Gasteiger partial charge on any atom is -0.857 e. The van der Waals surface area contributed by atoms with Crippen molar-refractivity contribution < 1.29 is 18.2 Å². The minimum absolute atomic E-state index is 0.275. The van der Waals surface area contributed by atoms with Gasteiger partial charge in [-0.05, 0) is 11.2 Å². The predicted octanol–water partition coefficient (Wildman–Crippen LogP) is -1.61. The molecule has 0 saturated heterocycles. The van der Waals surface area contributed by atoms with Gasteiger partial charge in [-0.15, -0.1) is 0 Å². The Kier molecular flexibility index (Phi) is 4.73. The van der Waals surface area contributed by atoms with Crippen molar-refractivity contribution in [1.82, 2.24) is 19.4 Å². The van der Waals surface area contributed by atoms with Crippen LogP contribution in [0.25, 0.3) is 11.4 Å². The van der Waals surface area contributed by atoms with Gasteiger partial charge in [0.05, 0.1) is 0 Å². The molecule has 0 N–H and O–H groups in total. The molecule has 0 atom stereocenters. The van der Waals surface area contributed by atoms with Gasteiger partial charge in [0.25, 0.3) is 0 Å². The van der Waals surface area contributed by atoms with Gasteiger partial charge < -0.3 is 5.11 Å². The van der Waals surface area contributed by atoms with E-state index >= 15 is 0 Å². The monoisotopic (exact) mass is 322 g/mol. The molecule has 0 amide bonds. The molecule has 22 heavy (non-hydrogen) atoms. The molecule has 2 rings (SSSR count). The third-order valence-corrected chi connectivity index (χ3v) is 3.93. The summed E-state index contributed by atoms with van der Waals surface area (Å²) in [5.41, 5.74) is 0.683. The summed E-state index contributed by atoms with van der Waals surface area (Å²) >= 11 is 0. The molecule has 0 radical (unpaired) electrons. The lowest BCUT2D eigenvalue weighted by molar-refractivity contribution is -0.744. The molecule has 9 nitrogen and oxygen atoms in total. The fraction of sp³-hybridized carbons (Fsp3) is 0.250. The van der Waals surface area contributed by atoms with E-state index in [2.05, 4.69) is 19.5 Å². The number of hydrogen-bond acceptors (Lipinski definition) is 6. The number of rotatable bonds is 5. The lowest BCUT2D eigenvalue weighted by atomic mass is 10.3. The van der Waals surface area contributed by atoms with Crippen molar-refractivity contribution in [3.05, 3.63) is 36.9 Å². The van der Waals surface area contributed by atoms with E-state index < -0.39 is 16.1 Å². The van der Waals surface area contributed by atoms with E-state index in [9.17, 15) is 13.5 Å². The number of nitrogens with zero attached hydrogens (tertiary/aromatic N) is 6. The van der Waals surface area contributed by atoms with Gasteiger partial charge in [0.2, 0.25) is 6.54 Å². The van der Waals surface area contributed by atoms with Crippen molar-refractivity contribution in [1.29, 1.82) is 0 Å². The molecule has 0 bridgehead atoms. The van der Waals surface area contributed by atoms with Gasteiger partial charge in [0.15, 0.2) is 12.0 Å². The van der Waals surface area contributed by atoms with Gasteiger partial charge in [0.1, 0.15) is 6.20 Å². The second-order valence-electron chi connectivity index (χ2n) is 4.43. The summed E-state index contributed by atoms with van der Waals surface area (Å²) in [7, 11) is -1.33. The van der Waals surface area contributed by atoms with Crippen LogP contribution in [0.3, 0.4) is 0 Å². The van der Waals surface area contributed by atoms with Crippen LogP contribution in [0, 0.1) is 0 Å². The fourth-order valence-corrected chi connectivity index (χ4v) is 1.91. The van der Waals surface area contributed by atoms with Crippen molar-refractivity contribution in [3.8, 4) is 11.4 Å². The van der Waals surface area contributed by atoms with E-state index in [-0.39, 0.29) is 6.54 Å². The van der Waals surface area contributed by atoms with Crippen LogP contribution in [-0.2, 0) is 16.8 Å². The first-order valence-corrected chi connectivity index (χ1v) is 7.59. The second kappa shape index (κ2) is 6.54. The lowest BCUT2D eigenvalue weighted by Gasteiger charge is -2.10. The van der Waals surface area contributed by atoms with Crippen LogP contribution >= 0.6 is 0 Å². The van der Waals surface area contributed by atoms with E-state index in [0.717, 1.165) is 4.31 Å². The zero-order chi connectivity index (χ0) is 16.2. The maximum atomic E-state index is 11.6. The Morgan fingerprint density at radius 3 is 2.59 bits per heavy atom. The fourth-order valence-electron chi connectivity index (χ4n) is 1.44. The minimum atomic E-state index is -3.92. The van der Waals surface area contributed by atoms with Crippen LogP contribution in [0.15, 0.2) is 41.3 Å². The maximum absolute atomic E-state index is 11.6. The van der Waals surface area contributed by atoms with Crippen molar-refractivity contribution in [2.75, 3.05) is 14.1 Å². The van der Waals surface area contributed by atoms with Crippen LogP contribution < -0.4 is 9.79 Å². The van der Waals surface area contributed by atoms with Crippen molar-refractivity contribution >= 4 is 16.1 Å². The van der Waals surface area contributed by atoms with E-state index in [1.807, 2.05) is 0 Å². The molecule has 0 saturated carbocycles. The molecule has 2 heterocycles. The smallest absolute Gasteiger partial charge is 0.321 e. The molecule has 0 aliphatic rings. The second-order valence-corrected chi connectivity index (χ2v) is 6.24. The molecular formula is C12H14N6O3S. The lowest BCUT2D eigenvalue weighted by Crippen LogP contribution is -2.45.